The van der Waals surface area contributed by atoms with Crippen LogP contribution >= 0.6 is 11.6 Å². The third kappa shape index (κ3) is 3.86. The molecule has 2 rings (SSSR count). The number of aromatic nitrogens is 1. The Kier molecular flexibility index (Phi) is 4.92. The molecule has 20 heavy (non-hydrogen) atoms. The quantitative estimate of drug-likeness (QED) is 0.748. The lowest BCUT2D eigenvalue weighted by molar-refractivity contribution is 0.204. The van der Waals surface area contributed by atoms with Gasteiger partial charge in [-0.3, -0.25) is 0 Å². The van der Waals surface area contributed by atoms with Crippen molar-refractivity contribution in [2.24, 2.45) is 0 Å². The summed E-state index contributed by atoms with van der Waals surface area (Å²) in [6, 6.07) is 4.87. The van der Waals surface area contributed by atoms with Crippen LogP contribution in [-0.2, 0) is 16.0 Å². The highest BCUT2D eigenvalue weighted by atomic mass is 35.5. The second kappa shape index (κ2) is 6.31. The minimum atomic E-state index is 0.0350. The Labute approximate surface area is 127 Å². The number of hydrogen-bond acceptors (Lipinski definition) is 3. The predicted molar refractivity (Wildman–Crippen MR) is 84.7 cm³/mol. The molecule has 1 aliphatic carbocycles. The van der Waals surface area contributed by atoms with Crippen molar-refractivity contribution in [1.29, 1.82) is 0 Å². The van der Waals surface area contributed by atoms with Gasteiger partial charge in [-0.2, -0.15) is 0 Å². The third-order valence-electron chi connectivity index (χ3n) is 3.61. The fraction of sp³-hybridized carbons (Fsp3) is 0.688. The van der Waals surface area contributed by atoms with Crippen LogP contribution in [0.3, 0.4) is 0 Å². The predicted octanol–water partition coefficient (Wildman–Crippen LogP) is 3.73. The topological polar surface area (TPSA) is 25.4 Å². The van der Waals surface area contributed by atoms with E-state index in [9.17, 15) is 0 Å². The molecule has 3 nitrogen and oxygen atoms in total. The van der Waals surface area contributed by atoms with Crippen LogP contribution in [0.1, 0.15) is 44.9 Å². The molecule has 0 radical (unpaired) electrons. The van der Waals surface area contributed by atoms with Crippen molar-refractivity contribution in [3.63, 3.8) is 0 Å². The number of alkyl halides is 1. The van der Waals surface area contributed by atoms with Crippen LogP contribution in [0.25, 0.3) is 0 Å². The van der Waals surface area contributed by atoms with Crippen molar-refractivity contribution < 1.29 is 4.74 Å². The normalized spacial score (nSPS) is 15.4. The fourth-order valence-electron chi connectivity index (χ4n) is 2.24. The van der Waals surface area contributed by atoms with Crippen LogP contribution < -0.4 is 4.90 Å². The molecular formula is C16H25ClN2O. The molecule has 0 amide bonds. The summed E-state index contributed by atoms with van der Waals surface area (Å²) in [7, 11) is 1.74. The molecule has 1 heterocycles. The maximum atomic E-state index is 6.05. The SMILES string of the molecule is COCCN(c1cc(CCl)cc(C(C)(C)C)n1)C1CC1. The van der Waals surface area contributed by atoms with Gasteiger partial charge in [-0.15, -0.1) is 11.6 Å². The summed E-state index contributed by atoms with van der Waals surface area (Å²) in [4.78, 5) is 7.25. The van der Waals surface area contributed by atoms with Crippen LogP contribution in [0.4, 0.5) is 5.82 Å². The summed E-state index contributed by atoms with van der Waals surface area (Å²) in [5, 5.41) is 0. The Balaban J connectivity index is 2.32. The highest BCUT2D eigenvalue weighted by Crippen LogP contribution is 2.33. The highest BCUT2D eigenvalue weighted by molar-refractivity contribution is 6.17. The monoisotopic (exact) mass is 296 g/mol. The summed E-state index contributed by atoms with van der Waals surface area (Å²) < 4.78 is 5.23. The van der Waals surface area contributed by atoms with Gasteiger partial charge in [0.15, 0.2) is 0 Å². The Bertz CT molecular complexity index is 452. The second-order valence-corrected chi connectivity index (χ2v) is 6.79. The van der Waals surface area contributed by atoms with Crippen LogP contribution in [-0.4, -0.2) is 31.3 Å². The summed E-state index contributed by atoms with van der Waals surface area (Å²) in [5.74, 6) is 1.58. The first-order valence-electron chi connectivity index (χ1n) is 7.28. The first kappa shape index (κ1) is 15.6. The minimum absolute atomic E-state index is 0.0350. The molecule has 4 heteroatoms. The van der Waals surface area contributed by atoms with E-state index in [4.69, 9.17) is 21.3 Å². The van der Waals surface area contributed by atoms with Crippen molar-refractivity contribution in [3.8, 4) is 0 Å². The number of ether oxygens (including phenoxy) is 1. The minimum Gasteiger partial charge on any atom is -0.383 e. The molecule has 0 atom stereocenters. The number of methoxy groups -OCH3 is 1. The van der Waals surface area contributed by atoms with Crippen molar-refractivity contribution >= 4 is 17.4 Å². The summed E-state index contributed by atoms with van der Waals surface area (Å²) in [6.45, 7) is 8.19. The van der Waals surface area contributed by atoms with Crippen LogP contribution in [0, 0.1) is 0 Å². The maximum absolute atomic E-state index is 6.05. The Morgan fingerprint density at radius 1 is 1.35 bits per heavy atom. The average Bonchev–Trinajstić information content (AvgIpc) is 3.22. The molecule has 0 N–H and O–H groups in total. The number of anilines is 1. The number of hydrogen-bond donors (Lipinski definition) is 0. The van der Waals surface area contributed by atoms with Crippen molar-refractivity contribution in [1.82, 2.24) is 4.98 Å². The van der Waals surface area contributed by atoms with E-state index < -0.39 is 0 Å². The van der Waals surface area contributed by atoms with Gasteiger partial charge in [0.25, 0.3) is 0 Å². The van der Waals surface area contributed by atoms with Crippen LogP contribution in [0.15, 0.2) is 12.1 Å². The largest absolute Gasteiger partial charge is 0.383 e. The zero-order valence-corrected chi connectivity index (χ0v) is 13.7. The molecule has 1 aliphatic rings. The standard InChI is InChI=1S/C16H25ClN2O/c1-16(2,3)14-9-12(11-17)10-15(18-14)19(7-8-20-4)13-5-6-13/h9-10,13H,5-8,11H2,1-4H3. The molecule has 0 unspecified atom stereocenters. The molecule has 0 saturated heterocycles. The van der Waals surface area contributed by atoms with E-state index in [1.54, 1.807) is 7.11 Å². The van der Waals surface area contributed by atoms with Gasteiger partial charge in [0, 0.05) is 36.7 Å². The summed E-state index contributed by atoms with van der Waals surface area (Å²) in [6.07, 6.45) is 2.50. The molecule has 1 fully saturated rings. The van der Waals surface area contributed by atoms with Crippen molar-refractivity contribution in [2.45, 2.75) is 50.9 Å². The van der Waals surface area contributed by atoms with E-state index in [-0.39, 0.29) is 5.41 Å². The Hall–Kier alpha value is -0.800. The Morgan fingerprint density at radius 3 is 2.55 bits per heavy atom. The molecule has 0 spiro atoms. The van der Waals surface area contributed by atoms with Gasteiger partial charge in [0.05, 0.1) is 6.61 Å². The number of halogens is 1. The van der Waals surface area contributed by atoms with E-state index in [2.05, 4.69) is 37.8 Å². The van der Waals surface area contributed by atoms with Gasteiger partial charge in [0.2, 0.25) is 0 Å². The van der Waals surface area contributed by atoms with E-state index >= 15 is 0 Å². The molecule has 1 aromatic rings. The number of nitrogens with zero attached hydrogens (tertiary/aromatic N) is 2. The lowest BCUT2D eigenvalue weighted by Gasteiger charge is -2.27. The maximum Gasteiger partial charge on any atom is 0.129 e. The second-order valence-electron chi connectivity index (χ2n) is 6.52. The lowest BCUT2D eigenvalue weighted by Crippen LogP contribution is -2.31. The molecular weight excluding hydrogens is 272 g/mol. The first-order chi connectivity index (χ1) is 9.45. The molecule has 0 aliphatic heterocycles. The highest BCUT2D eigenvalue weighted by Gasteiger charge is 2.30. The van der Waals surface area contributed by atoms with Gasteiger partial charge in [-0.1, -0.05) is 20.8 Å². The molecule has 112 valence electrons. The zero-order valence-electron chi connectivity index (χ0n) is 12.9. The molecule has 0 bridgehead atoms. The molecule has 0 aromatic carbocycles. The van der Waals surface area contributed by atoms with Gasteiger partial charge in [0.1, 0.15) is 5.82 Å². The van der Waals surface area contributed by atoms with E-state index in [1.807, 2.05) is 0 Å². The van der Waals surface area contributed by atoms with Gasteiger partial charge < -0.3 is 9.64 Å². The number of pyridine rings is 1. The van der Waals surface area contributed by atoms with Gasteiger partial charge >= 0.3 is 0 Å². The fourth-order valence-corrected chi connectivity index (χ4v) is 2.39. The van der Waals surface area contributed by atoms with E-state index in [0.29, 0.717) is 11.9 Å². The lowest BCUT2D eigenvalue weighted by atomic mass is 9.91. The van der Waals surface area contributed by atoms with Crippen molar-refractivity contribution in [2.75, 3.05) is 25.2 Å². The molecule has 1 aromatic heterocycles. The summed E-state index contributed by atoms with van der Waals surface area (Å²) in [5.41, 5.74) is 2.28. The summed E-state index contributed by atoms with van der Waals surface area (Å²) >= 11 is 6.05. The zero-order chi connectivity index (χ0) is 14.8. The van der Waals surface area contributed by atoms with Crippen molar-refractivity contribution in [3.05, 3.63) is 23.4 Å². The van der Waals surface area contributed by atoms with Crippen LogP contribution in [0.2, 0.25) is 0 Å². The average molecular weight is 297 g/mol. The smallest absolute Gasteiger partial charge is 0.129 e. The van der Waals surface area contributed by atoms with Crippen LogP contribution in [0.5, 0.6) is 0 Å². The van der Waals surface area contributed by atoms with E-state index in [1.165, 1.54) is 12.8 Å². The first-order valence-corrected chi connectivity index (χ1v) is 7.82. The van der Waals surface area contributed by atoms with E-state index in [0.717, 1.165) is 30.2 Å². The number of rotatable bonds is 6. The Morgan fingerprint density at radius 2 is 2.05 bits per heavy atom. The van der Waals surface area contributed by atoms with Gasteiger partial charge in [-0.25, -0.2) is 4.98 Å². The molecule has 1 saturated carbocycles. The van der Waals surface area contributed by atoms with Gasteiger partial charge in [-0.05, 0) is 30.5 Å². The third-order valence-corrected chi connectivity index (χ3v) is 3.92.